The molecular weight excluding hydrogens is 178 g/mol. The summed E-state index contributed by atoms with van der Waals surface area (Å²) in [4.78, 5) is 3.97. The van der Waals surface area contributed by atoms with E-state index in [4.69, 9.17) is 16.7 Å². The fourth-order valence-corrected chi connectivity index (χ4v) is 1.16. The largest absolute Gasteiger partial charge is 0.390 e. The fraction of sp³-hybridized carbons (Fsp3) is 0.143. The van der Waals surface area contributed by atoms with Crippen LogP contribution in [-0.4, -0.2) is 19.7 Å². The zero-order valence-electron chi connectivity index (χ0n) is 6.11. The van der Waals surface area contributed by atoms with Gasteiger partial charge in [0.15, 0.2) is 5.65 Å². The lowest BCUT2D eigenvalue weighted by Crippen LogP contribution is -1.95. The first-order valence-corrected chi connectivity index (χ1v) is 3.79. The number of hydrogen-bond donors (Lipinski definition) is 1. The van der Waals surface area contributed by atoms with Gasteiger partial charge in [0, 0.05) is 0 Å². The smallest absolute Gasteiger partial charge is 0.155 e. The van der Waals surface area contributed by atoms with Gasteiger partial charge in [-0.15, -0.1) is 0 Å². The van der Waals surface area contributed by atoms with E-state index in [9.17, 15) is 0 Å². The first kappa shape index (κ1) is 7.52. The molecule has 62 valence electrons. The number of hydrogen-bond acceptors (Lipinski definition) is 3. The summed E-state index contributed by atoms with van der Waals surface area (Å²) in [6, 6.07) is 3.46. The summed E-state index contributed by atoms with van der Waals surface area (Å²) in [6.45, 7) is -0.0776. The molecule has 0 saturated carbocycles. The molecule has 0 aliphatic carbocycles. The Morgan fingerprint density at radius 2 is 2.33 bits per heavy atom. The van der Waals surface area contributed by atoms with Crippen molar-refractivity contribution in [2.24, 2.45) is 0 Å². The molecule has 0 spiro atoms. The van der Waals surface area contributed by atoms with Crippen LogP contribution in [0.1, 0.15) is 5.69 Å². The zero-order valence-corrected chi connectivity index (χ0v) is 6.86. The van der Waals surface area contributed by atoms with Crippen molar-refractivity contribution in [3.63, 3.8) is 0 Å². The monoisotopic (exact) mass is 183 g/mol. The molecule has 2 aromatic rings. The minimum Gasteiger partial charge on any atom is -0.390 e. The molecule has 0 saturated heterocycles. The molecule has 4 nitrogen and oxygen atoms in total. The van der Waals surface area contributed by atoms with E-state index in [0.29, 0.717) is 16.5 Å². The third-order valence-electron chi connectivity index (χ3n) is 1.51. The lowest BCUT2D eigenvalue weighted by molar-refractivity contribution is 0.275. The Morgan fingerprint density at radius 3 is 3.08 bits per heavy atom. The number of aliphatic hydroxyl groups excluding tert-OH is 1. The molecule has 0 amide bonds. The Kier molecular flexibility index (Phi) is 1.71. The van der Waals surface area contributed by atoms with Gasteiger partial charge in [-0.3, -0.25) is 0 Å². The second kappa shape index (κ2) is 2.73. The number of nitrogens with zero attached hydrogens (tertiary/aromatic N) is 3. The van der Waals surface area contributed by atoms with Crippen LogP contribution in [0, 0.1) is 0 Å². The summed E-state index contributed by atoms with van der Waals surface area (Å²) in [7, 11) is 0. The molecule has 0 radical (unpaired) electrons. The van der Waals surface area contributed by atoms with Crippen LogP contribution in [0.25, 0.3) is 5.65 Å². The molecule has 0 fully saturated rings. The summed E-state index contributed by atoms with van der Waals surface area (Å²) in [5.41, 5.74) is 1.27. The van der Waals surface area contributed by atoms with Crippen molar-refractivity contribution in [3.05, 3.63) is 29.2 Å². The highest BCUT2D eigenvalue weighted by atomic mass is 35.5. The molecular formula is C7H6ClN3O. The van der Waals surface area contributed by atoms with E-state index in [1.165, 1.54) is 4.52 Å². The quantitative estimate of drug-likeness (QED) is 0.714. The summed E-state index contributed by atoms with van der Waals surface area (Å²) in [5, 5.41) is 13.2. The maximum atomic E-state index is 8.77. The minimum absolute atomic E-state index is 0.0776. The van der Waals surface area contributed by atoms with Crippen LogP contribution in [0.15, 0.2) is 18.3 Å². The average molecular weight is 184 g/mol. The maximum Gasteiger partial charge on any atom is 0.155 e. The maximum absolute atomic E-state index is 8.77. The van der Waals surface area contributed by atoms with Crippen LogP contribution >= 0.6 is 11.6 Å². The topological polar surface area (TPSA) is 50.4 Å². The van der Waals surface area contributed by atoms with Crippen LogP contribution < -0.4 is 0 Å². The van der Waals surface area contributed by atoms with Gasteiger partial charge in [0.1, 0.15) is 5.15 Å². The van der Waals surface area contributed by atoms with Gasteiger partial charge in [0.05, 0.1) is 18.5 Å². The summed E-state index contributed by atoms with van der Waals surface area (Å²) >= 11 is 5.64. The Hall–Kier alpha value is -1.13. The molecule has 0 bridgehead atoms. The first-order chi connectivity index (χ1) is 5.79. The number of fused-ring (bicyclic) bond motifs is 1. The molecule has 0 unspecified atom stereocenters. The van der Waals surface area contributed by atoms with Gasteiger partial charge in [-0.2, -0.15) is 5.10 Å². The van der Waals surface area contributed by atoms with E-state index < -0.39 is 0 Å². The molecule has 2 heterocycles. The summed E-state index contributed by atoms with van der Waals surface area (Å²) in [6.07, 6.45) is 1.59. The first-order valence-electron chi connectivity index (χ1n) is 3.41. The normalized spacial score (nSPS) is 10.8. The second-order valence-electron chi connectivity index (χ2n) is 2.35. The van der Waals surface area contributed by atoms with Crippen LogP contribution in [0.2, 0.25) is 5.15 Å². The van der Waals surface area contributed by atoms with E-state index in [1.807, 2.05) is 0 Å². The highest BCUT2D eigenvalue weighted by Gasteiger charge is 1.99. The van der Waals surface area contributed by atoms with Crippen molar-refractivity contribution < 1.29 is 5.11 Å². The number of aromatic nitrogens is 3. The van der Waals surface area contributed by atoms with Gasteiger partial charge in [0.25, 0.3) is 0 Å². The number of aliphatic hydroxyl groups is 1. The molecule has 0 aliphatic rings. The summed E-state index contributed by atoms with van der Waals surface area (Å²) < 4.78 is 1.54. The average Bonchev–Trinajstić information content (AvgIpc) is 2.43. The molecule has 5 heteroatoms. The number of rotatable bonds is 1. The lowest BCUT2D eigenvalue weighted by Gasteiger charge is -1.94. The molecule has 12 heavy (non-hydrogen) atoms. The van der Waals surface area contributed by atoms with Crippen LogP contribution in [0.3, 0.4) is 0 Å². The Labute approximate surface area is 73.4 Å². The molecule has 2 rings (SSSR count). The Bertz CT molecular complexity index is 412. The predicted molar refractivity (Wildman–Crippen MR) is 43.9 cm³/mol. The zero-order chi connectivity index (χ0) is 8.55. The molecule has 0 aliphatic heterocycles. The van der Waals surface area contributed by atoms with E-state index in [1.54, 1.807) is 18.3 Å². The van der Waals surface area contributed by atoms with Crippen LogP contribution in [0.4, 0.5) is 0 Å². The van der Waals surface area contributed by atoms with Crippen molar-refractivity contribution in [3.8, 4) is 0 Å². The molecule has 2 aromatic heterocycles. The fourth-order valence-electron chi connectivity index (χ4n) is 0.977. The molecule has 1 N–H and O–H groups in total. The van der Waals surface area contributed by atoms with Gasteiger partial charge in [0.2, 0.25) is 0 Å². The Balaban J connectivity index is 2.66. The van der Waals surface area contributed by atoms with Gasteiger partial charge < -0.3 is 5.11 Å². The highest BCUT2D eigenvalue weighted by Crippen LogP contribution is 2.08. The number of halogens is 1. The van der Waals surface area contributed by atoms with E-state index >= 15 is 0 Å². The SMILES string of the molecule is OCc1ccc2nc(Cl)cn2n1. The standard InChI is InChI=1S/C7H6ClN3O/c8-6-3-11-7(9-6)2-1-5(4-12)10-11/h1-3,12H,4H2. The van der Waals surface area contributed by atoms with Crippen LogP contribution in [0.5, 0.6) is 0 Å². The van der Waals surface area contributed by atoms with Crippen LogP contribution in [-0.2, 0) is 6.61 Å². The third kappa shape index (κ3) is 1.15. The van der Waals surface area contributed by atoms with Gasteiger partial charge in [-0.1, -0.05) is 11.6 Å². The predicted octanol–water partition coefficient (Wildman–Crippen LogP) is 0.875. The van der Waals surface area contributed by atoms with E-state index in [0.717, 1.165) is 0 Å². The summed E-state index contributed by atoms with van der Waals surface area (Å²) in [5.74, 6) is 0. The minimum atomic E-state index is -0.0776. The van der Waals surface area contributed by atoms with Crippen molar-refractivity contribution in [1.29, 1.82) is 0 Å². The van der Waals surface area contributed by atoms with Gasteiger partial charge in [-0.05, 0) is 12.1 Å². The Morgan fingerprint density at radius 1 is 1.50 bits per heavy atom. The van der Waals surface area contributed by atoms with Crippen molar-refractivity contribution in [2.75, 3.05) is 0 Å². The van der Waals surface area contributed by atoms with Gasteiger partial charge in [-0.25, -0.2) is 9.50 Å². The number of imidazole rings is 1. The highest BCUT2D eigenvalue weighted by molar-refractivity contribution is 6.29. The van der Waals surface area contributed by atoms with Crippen molar-refractivity contribution in [1.82, 2.24) is 14.6 Å². The third-order valence-corrected chi connectivity index (χ3v) is 1.69. The van der Waals surface area contributed by atoms with Gasteiger partial charge >= 0.3 is 0 Å². The van der Waals surface area contributed by atoms with Crippen molar-refractivity contribution >= 4 is 17.2 Å². The van der Waals surface area contributed by atoms with E-state index in [2.05, 4.69) is 10.1 Å². The second-order valence-corrected chi connectivity index (χ2v) is 2.74. The molecule has 0 aromatic carbocycles. The van der Waals surface area contributed by atoms with E-state index in [-0.39, 0.29) is 6.61 Å². The lowest BCUT2D eigenvalue weighted by atomic mass is 10.4. The van der Waals surface area contributed by atoms with Crippen molar-refractivity contribution in [2.45, 2.75) is 6.61 Å². The molecule has 0 atom stereocenters.